The van der Waals surface area contributed by atoms with E-state index in [0.29, 0.717) is 6.54 Å². The predicted octanol–water partition coefficient (Wildman–Crippen LogP) is 3.04. The Bertz CT molecular complexity index is 610. The van der Waals surface area contributed by atoms with Gasteiger partial charge in [-0.1, -0.05) is 54.6 Å². The maximum atomic E-state index is 12.0. The van der Waals surface area contributed by atoms with E-state index in [1.807, 2.05) is 30.3 Å². The van der Waals surface area contributed by atoms with Crippen LogP contribution in [-0.4, -0.2) is 12.1 Å². The molecule has 0 aliphatic heterocycles. The summed E-state index contributed by atoms with van der Waals surface area (Å²) in [5.41, 5.74) is 3.89. The van der Waals surface area contributed by atoms with E-state index in [4.69, 9.17) is 0 Å². The molecule has 1 atom stereocenters. The van der Waals surface area contributed by atoms with Gasteiger partial charge in [-0.25, -0.2) is 4.79 Å². The minimum Gasteiger partial charge on any atom is -0.335 e. The number of carbonyl (C=O) groups excluding carboxylic acids is 1. The molecule has 2 aromatic carbocycles. The number of amides is 2. The third-order valence-corrected chi connectivity index (χ3v) is 3.98. The summed E-state index contributed by atoms with van der Waals surface area (Å²) in [6, 6.07) is 18.6. The number of benzene rings is 2. The average Bonchev–Trinajstić information content (AvgIpc) is 2.54. The molecule has 2 N–H and O–H groups in total. The van der Waals surface area contributed by atoms with Crippen LogP contribution in [0.5, 0.6) is 0 Å². The zero-order valence-electron chi connectivity index (χ0n) is 12.0. The van der Waals surface area contributed by atoms with E-state index in [2.05, 4.69) is 34.9 Å². The zero-order valence-corrected chi connectivity index (χ0v) is 12.0. The van der Waals surface area contributed by atoms with Gasteiger partial charge in [-0.15, -0.1) is 0 Å². The summed E-state index contributed by atoms with van der Waals surface area (Å²) in [4.78, 5) is 12.0. The Morgan fingerprint density at radius 1 is 1.00 bits per heavy atom. The van der Waals surface area contributed by atoms with Gasteiger partial charge in [0.05, 0.1) is 0 Å². The van der Waals surface area contributed by atoms with Gasteiger partial charge >= 0.3 is 6.03 Å². The number of aryl methyl sites for hydroxylation is 1. The van der Waals surface area contributed by atoms with Crippen LogP contribution in [0.3, 0.4) is 0 Å². The lowest BCUT2D eigenvalue weighted by Gasteiger charge is -2.25. The van der Waals surface area contributed by atoms with Crippen molar-refractivity contribution >= 4 is 6.03 Å². The van der Waals surface area contributed by atoms with Gasteiger partial charge in [-0.3, -0.25) is 0 Å². The van der Waals surface area contributed by atoms with Gasteiger partial charge < -0.3 is 10.6 Å². The second-order valence-corrected chi connectivity index (χ2v) is 5.52. The molecule has 0 aromatic heterocycles. The van der Waals surface area contributed by atoms with Crippen LogP contribution in [0.4, 0.5) is 4.79 Å². The number of nitrogens with one attached hydrogen (secondary N) is 2. The van der Waals surface area contributed by atoms with Crippen LogP contribution in [0.2, 0.25) is 0 Å². The number of urea groups is 1. The van der Waals surface area contributed by atoms with Crippen LogP contribution >= 0.6 is 0 Å². The van der Waals surface area contributed by atoms with Crippen molar-refractivity contribution in [3.63, 3.8) is 0 Å². The van der Waals surface area contributed by atoms with Crippen molar-refractivity contribution in [2.75, 3.05) is 0 Å². The van der Waals surface area contributed by atoms with Crippen molar-refractivity contribution in [1.29, 1.82) is 0 Å². The number of hydrogen-bond donors (Lipinski definition) is 2. The molecule has 0 heterocycles. The molecular weight excluding hydrogens is 260 g/mol. The molecular formula is C18H20N2O. The molecule has 1 unspecified atom stereocenters. The Labute approximate surface area is 125 Å². The fourth-order valence-electron chi connectivity index (χ4n) is 2.84. The van der Waals surface area contributed by atoms with Crippen molar-refractivity contribution in [2.24, 2.45) is 0 Å². The Balaban J connectivity index is 1.50. The molecule has 2 amide bonds. The van der Waals surface area contributed by atoms with Gasteiger partial charge in [-0.2, -0.15) is 0 Å². The molecule has 0 spiro atoms. The molecule has 0 saturated heterocycles. The summed E-state index contributed by atoms with van der Waals surface area (Å²) >= 11 is 0. The smallest absolute Gasteiger partial charge is 0.315 e. The summed E-state index contributed by atoms with van der Waals surface area (Å²) in [5, 5.41) is 6.00. The van der Waals surface area contributed by atoms with Crippen molar-refractivity contribution in [2.45, 2.75) is 31.8 Å². The molecule has 0 fully saturated rings. The summed E-state index contributed by atoms with van der Waals surface area (Å²) in [6.45, 7) is 0.565. The minimum atomic E-state index is -0.0803. The second kappa shape index (κ2) is 6.44. The SMILES string of the molecule is O=C(NCc1ccccc1)NC1CCc2ccccc2C1. The molecule has 3 heteroatoms. The Morgan fingerprint density at radius 2 is 1.71 bits per heavy atom. The van der Waals surface area contributed by atoms with Crippen LogP contribution in [0.1, 0.15) is 23.1 Å². The average molecular weight is 280 g/mol. The van der Waals surface area contributed by atoms with Gasteiger partial charge in [0.25, 0.3) is 0 Å². The number of fused-ring (bicyclic) bond motifs is 1. The van der Waals surface area contributed by atoms with Gasteiger partial charge in [0.1, 0.15) is 0 Å². The van der Waals surface area contributed by atoms with E-state index >= 15 is 0 Å². The summed E-state index contributed by atoms with van der Waals surface area (Å²) in [5.74, 6) is 0. The molecule has 3 rings (SSSR count). The highest BCUT2D eigenvalue weighted by atomic mass is 16.2. The summed E-state index contributed by atoms with van der Waals surface area (Å²) in [7, 11) is 0. The second-order valence-electron chi connectivity index (χ2n) is 5.52. The molecule has 21 heavy (non-hydrogen) atoms. The van der Waals surface area contributed by atoms with E-state index in [0.717, 1.165) is 24.8 Å². The molecule has 0 radical (unpaired) electrons. The molecule has 108 valence electrons. The lowest BCUT2D eigenvalue weighted by atomic mass is 9.88. The van der Waals surface area contributed by atoms with Crippen LogP contribution in [-0.2, 0) is 19.4 Å². The first kappa shape index (κ1) is 13.7. The third-order valence-electron chi connectivity index (χ3n) is 3.98. The maximum absolute atomic E-state index is 12.0. The molecule has 0 bridgehead atoms. The number of rotatable bonds is 3. The van der Waals surface area contributed by atoms with E-state index in [-0.39, 0.29) is 12.1 Å². The topological polar surface area (TPSA) is 41.1 Å². The maximum Gasteiger partial charge on any atom is 0.315 e. The van der Waals surface area contributed by atoms with Crippen molar-refractivity contribution < 1.29 is 4.79 Å². The quantitative estimate of drug-likeness (QED) is 0.891. The standard InChI is InChI=1S/C18H20N2O/c21-18(19-13-14-6-2-1-3-7-14)20-17-11-10-15-8-4-5-9-16(15)12-17/h1-9,17H,10-13H2,(H2,19,20,21). The van der Waals surface area contributed by atoms with Crippen molar-refractivity contribution in [1.82, 2.24) is 10.6 Å². The van der Waals surface area contributed by atoms with Crippen LogP contribution in [0.15, 0.2) is 54.6 Å². The number of hydrogen-bond acceptors (Lipinski definition) is 1. The van der Waals surface area contributed by atoms with Crippen LogP contribution in [0.25, 0.3) is 0 Å². The lowest BCUT2D eigenvalue weighted by molar-refractivity contribution is 0.235. The monoisotopic (exact) mass is 280 g/mol. The first-order valence-electron chi connectivity index (χ1n) is 7.46. The van der Waals surface area contributed by atoms with Crippen LogP contribution in [0, 0.1) is 0 Å². The minimum absolute atomic E-state index is 0.0803. The zero-order chi connectivity index (χ0) is 14.5. The predicted molar refractivity (Wildman–Crippen MR) is 84.1 cm³/mol. The summed E-state index contributed by atoms with van der Waals surface area (Å²) < 4.78 is 0. The van der Waals surface area contributed by atoms with E-state index < -0.39 is 0 Å². The van der Waals surface area contributed by atoms with E-state index in [1.54, 1.807) is 0 Å². The van der Waals surface area contributed by atoms with Gasteiger partial charge in [0.15, 0.2) is 0 Å². The van der Waals surface area contributed by atoms with Gasteiger partial charge in [-0.05, 0) is 36.0 Å². The number of carbonyl (C=O) groups is 1. The Morgan fingerprint density at radius 3 is 2.52 bits per heavy atom. The van der Waals surface area contributed by atoms with E-state index in [9.17, 15) is 4.79 Å². The molecule has 0 saturated carbocycles. The first-order valence-corrected chi connectivity index (χ1v) is 7.46. The normalized spacial score (nSPS) is 16.9. The molecule has 2 aromatic rings. The fraction of sp³-hybridized carbons (Fsp3) is 0.278. The third kappa shape index (κ3) is 3.63. The van der Waals surface area contributed by atoms with Gasteiger partial charge in [0.2, 0.25) is 0 Å². The largest absolute Gasteiger partial charge is 0.335 e. The highest BCUT2D eigenvalue weighted by Gasteiger charge is 2.19. The highest BCUT2D eigenvalue weighted by molar-refractivity contribution is 5.74. The fourth-order valence-corrected chi connectivity index (χ4v) is 2.84. The van der Waals surface area contributed by atoms with Crippen LogP contribution < -0.4 is 10.6 Å². The highest BCUT2D eigenvalue weighted by Crippen LogP contribution is 2.20. The molecule has 1 aliphatic carbocycles. The lowest BCUT2D eigenvalue weighted by Crippen LogP contribution is -2.44. The first-order chi connectivity index (χ1) is 10.3. The molecule has 3 nitrogen and oxygen atoms in total. The van der Waals surface area contributed by atoms with Crippen molar-refractivity contribution in [3.8, 4) is 0 Å². The van der Waals surface area contributed by atoms with Gasteiger partial charge in [0, 0.05) is 12.6 Å². The Hall–Kier alpha value is -2.29. The van der Waals surface area contributed by atoms with E-state index in [1.165, 1.54) is 11.1 Å². The molecule has 1 aliphatic rings. The van der Waals surface area contributed by atoms with Crippen molar-refractivity contribution in [3.05, 3.63) is 71.3 Å². The Kier molecular flexibility index (Phi) is 4.20. The summed E-state index contributed by atoms with van der Waals surface area (Å²) in [6.07, 6.45) is 2.98.